The van der Waals surface area contributed by atoms with E-state index in [2.05, 4.69) is 11.2 Å². The van der Waals surface area contributed by atoms with Gasteiger partial charge in [-0.15, -0.1) is 6.42 Å². The molecule has 1 N–H and O–H groups in total. The summed E-state index contributed by atoms with van der Waals surface area (Å²) in [5.74, 6) is 3.08. The van der Waals surface area contributed by atoms with Crippen molar-refractivity contribution >= 4 is 11.8 Å². The van der Waals surface area contributed by atoms with Crippen LogP contribution < -0.4 is 5.32 Å². The molecule has 18 heavy (non-hydrogen) atoms. The Morgan fingerprint density at radius 1 is 1.28 bits per heavy atom. The van der Waals surface area contributed by atoms with Crippen LogP contribution >= 0.6 is 0 Å². The van der Waals surface area contributed by atoms with Crippen LogP contribution in [0.2, 0.25) is 0 Å². The van der Waals surface area contributed by atoms with Crippen LogP contribution in [0.1, 0.15) is 32.1 Å². The highest BCUT2D eigenvalue weighted by Gasteiger charge is 2.53. The van der Waals surface area contributed by atoms with E-state index >= 15 is 0 Å². The summed E-state index contributed by atoms with van der Waals surface area (Å²) in [6, 6.07) is 0.0369. The molecule has 4 nitrogen and oxygen atoms in total. The highest BCUT2D eigenvalue weighted by atomic mass is 16.2. The van der Waals surface area contributed by atoms with E-state index in [1.807, 2.05) is 4.90 Å². The lowest BCUT2D eigenvalue weighted by molar-refractivity contribution is -0.143. The van der Waals surface area contributed by atoms with Gasteiger partial charge in [0.25, 0.3) is 0 Å². The number of likely N-dealkylation sites (tertiary alicyclic amines) is 1. The Balaban J connectivity index is 1.75. The van der Waals surface area contributed by atoms with Crippen molar-refractivity contribution in [3.05, 3.63) is 0 Å². The van der Waals surface area contributed by atoms with Gasteiger partial charge in [-0.3, -0.25) is 9.59 Å². The summed E-state index contributed by atoms with van der Waals surface area (Å²) in [6.07, 6.45) is 10.3. The second-order valence-corrected chi connectivity index (χ2v) is 5.61. The average Bonchev–Trinajstić information content (AvgIpc) is 3.03. The lowest BCUT2D eigenvalue weighted by Crippen LogP contribution is -2.53. The number of hydrogen-bond acceptors (Lipinski definition) is 2. The van der Waals surface area contributed by atoms with Crippen LogP contribution in [0.3, 0.4) is 0 Å². The third kappa shape index (κ3) is 1.78. The van der Waals surface area contributed by atoms with E-state index in [9.17, 15) is 9.59 Å². The van der Waals surface area contributed by atoms with Gasteiger partial charge >= 0.3 is 0 Å². The molecule has 1 saturated heterocycles. The second kappa shape index (κ2) is 4.31. The van der Waals surface area contributed by atoms with Gasteiger partial charge in [0, 0.05) is 12.0 Å². The molecule has 2 bridgehead atoms. The number of piperidine rings is 1. The molecule has 3 aliphatic rings. The van der Waals surface area contributed by atoms with Gasteiger partial charge < -0.3 is 10.2 Å². The maximum atomic E-state index is 12.3. The monoisotopic (exact) mass is 246 g/mol. The standard InChI is InChI=1S/C14H18N2O2/c1-2-7-15-13(17)12-10-5-6-11(8-10)16(12)14(18)9-3-4-9/h1,9-12H,3-8H2,(H,15,17). The van der Waals surface area contributed by atoms with E-state index in [-0.39, 0.29) is 30.3 Å². The molecule has 0 aromatic rings. The number of nitrogens with zero attached hydrogens (tertiary/aromatic N) is 1. The van der Waals surface area contributed by atoms with Crippen molar-refractivity contribution in [2.24, 2.45) is 11.8 Å². The SMILES string of the molecule is C#CCNC(=O)C1C2CCC(C2)N1C(=O)C1CC1. The maximum Gasteiger partial charge on any atom is 0.243 e. The van der Waals surface area contributed by atoms with Crippen LogP contribution in [0.25, 0.3) is 0 Å². The van der Waals surface area contributed by atoms with Crippen molar-refractivity contribution < 1.29 is 9.59 Å². The smallest absolute Gasteiger partial charge is 0.243 e. The van der Waals surface area contributed by atoms with Gasteiger partial charge in [-0.05, 0) is 38.0 Å². The van der Waals surface area contributed by atoms with Crippen LogP contribution in [0.5, 0.6) is 0 Å². The molecule has 3 fully saturated rings. The molecular formula is C14H18N2O2. The largest absolute Gasteiger partial charge is 0.343 e. The van der Waals surface area contributed by atoms with E-state index in [1.54, 1.807) is 0 Å². The Hall–Kier alpha value is -1.50. The highest BCUT2D eigenvalue weighted by molar-refractivity contribution is 5.91. The molecule has 1 heterocycles. The number of nitrogens with one attached hydrogen (secondary N) is 1. The molecular weight excluding hydrogens is 228 g/mol. The highest BCUT2D eigenvalue weighted by Crippen LogP contribution is 2.45. The van der Waals surface area contributed by atoms with Gasteiger partial charge in [0.1, 0.15) is 6.04 Å². The summed E-state index contributed by atoms with van der Waals surface area (Å²) in [5, 5.41) is 2.73. The van der Waals surface area contributed by atoms with Crippen molar-refractivity contribution in [3.8, 4) is 12.3 Å². The zero-order valence-corrected chi connectivity index (χ0v) is 10.4. The molecule has 1 aliphatic heterocycles. The molecule has 3 unspecified atom stereocenters. The van der Waals surface area contributed by atoms with Gasteiger partial charge in [-0.1, -0.05) is 5.92 Å². The Morgan fingerprint density at radius 2 is 2.06 bits per heavy atom. The molecule has 2 saturated carbocycles. The Labute approximate surface area is 107 Å². The minimum absolute atomic E-state index is 0.0610. The molecule has 4 heteroatoms. The summed E-state index contributed by atoms with van der Waals surface area (Å²) in [6.45, 7) is 0.248. The zero-order chi connectivity index (χ0) is 12.7. The summed E-state index contributed by atoms with van der Waals surface area (Å²) >= 11 is 0. The molecule has 0 radical (unpaired) electrons. The summed E-state index contributed by atoms with van der Waals surface area (Å²) < 4.78 is 0. The fourth-order valence-corrected chi connectivity index (χ4v) is 3.43. The number of carbonyl (C=O) groups excluding carboxylic acids is 2. The number of rotatable bonds is 3. The fourth-order valence-electron chi connectivity index (χ4n) is 3.43. The quantitative estimate of drug-likeness (QED) is 0.738. The first-order chi connectivity index (χ1) is 8.72. The first kappa shape index (κ1) is 11.6. The molecule has 0 spiro atoms. The Kier molecular flexibility index (Phi) is 2.77. The van der Waals surface area contributed by atoms with Crippen molar-refractivity contribution in [2.75, 3.05) is 6.54 Å². The van der Waals surface area contributed by atoms with Gasteiger partial charge in [0.05, 0.1) is 6.54 Å². The number of terminal acetylenes is 1. The Bertz CT molecular complexity index is 422. The summed E-state index contributed by atoms with van der Waals surface area (Å²) in [7, 11) is 0. The van der Waals surface area contributed by atoms with E-state index in [1.165, 1.54) is 0 Å². The predicted octanol–water partition coefficient (Wildman–Crippen LogP) is 0.525. The third-order valence-electron chi connectivity index (χ3n) is 4.40. The molecule has 96 valence electrons. The first-order valence-electron chi connectivity index (χ1n) is 6.75. The van der Waals surface area contributed by atoms with Crippen LogP contribution in [-0.4, -0.2) is 35.3 Å². The van der Waals surface area contributed by atoms with E-state index in [0.29, 0.717) is 12.0 Å². The topological polar surface area (TPSA) is 49.4 Å². The van der Waals surface area contributed by atoms with E-state index in [0.717, 1.165) is 32.1 Å². The van der Waals surface area contributed by atoms with Gasteiger partial charge in [0.2, 0.25) is 11.8 Å². The summed E-state index contributed by atoms with van der Waals surface area (Å²) in [5.41, 5.74) is 0. The maximum absolute atomic E-state index is 12.3. The summed E-state index contributed by atoms with van der Waals surface area (Å²) in [4.78, 5) is 26.3. The molecule has 0 aromatic carbocycles. The van der Waals surface area contributed by atoms with Crippen LogP contribution in [0, 0.1) is 24.2 Å². The normalized spacial score (nSPS) is 33.3. The van der Waals surface area contributed by atoms with Crippen molar-refractivity contribution in [3.63, 3.8) is 0 Å². The fraction of sp³-hybridized carbons (Fsp3) is 0.714. The average molecular weight is 246 g/mol. The van der Waals surface area contributed by atoms with Gasteiger partial charge in [-0.2, -0.15) is 0 Å². The minimum Gasteiger partial charge on any atom is -0.343 e. The second-order valence-electron chi connectivity index (χ2n) is 5.61. The molecule has 2 aliphatic carbocycles. The van der Waals surface area contributed by atoms with E-state index in [4.69, 9.17) is 6.42 Å². The van der Waals surface area contributed by atoms with Crippen LogP contribution in [0.15, 0.2) is 0 Å². The minimum atomic E-state index is -0.259. The molecule has 2 amide bonds. The number of amides is 2. The van der Waals surface area contributed by atoms with Gasteiger partial charge in [0.15, 0.2) is 0 Å². The number of hydrogen-bond donors (Lipinski definition) is 1. The molecule has 3 atom stereocenters. The zero-order valence-electron chi connectivity index (χ0n) is 10.4. The Morgan fingerprint density at radius 3 is 2.72 bits per heavy atom. The van der Waals surface area contributed by atoms with Crippen molar-refractivity contribution in [2.45, 2.75) is 44.2 Å². The van der Waals surface area contributed by atoms with Crippen molar-refractivity contribution in [1.29, 1.82) is 0 Å². The first-order valence-corrected chi connectivity index (χ1v) is 6.75. The van der Waals surface area contributed by atoms with Crippen molar-refractivity contribution in [1.82, 2.24) is 10.2 Å². The number of carbonyl (C=O) groups is 2. The number of fused-ring (bicyclic) bond motifs is 2. The lowest BCUT2D eigenvalue weighted by Gasteiger charge is -2.34. The van der Waals surface area contributed by atoms with Gasteiger partial charge in [-0.25, -0.2) is 0 Å². The van der Waals surface area contributed by atoms with Crippen LogP contribution in [-0.2, 0) is 9.59 Å². The van der Waals surface area contributed by atoms with Crippen LogP contribution in [0.4, 0.5) is 0 Å². The molecule has 3 rings (SSSR count). The molecule has 0 aromatic heterocycles. The predicted molar refractivity (Wildman–Crippen MR) is 66.3 cm³/mol. The lowest BCUT2D eigenvalue weighted by atomic mass is 9.97. The third-order valence-corrected chi connectivity index (χ3v) is 4.40. The van der Waals surface area contributed by atoms with E-state index < -0.39 is 0 Å².